The average molecular weight is 379 g/mol. The first kappa shape index (κ1) is 20.2. The lowest BCUT2D eigenvalue weighted by Gasteiger charge is -2.12. The summed E-state index contributed by atoms with van der Waals surface area (Å²) in [6, 6.07) is 7.62. The molecule has 0 aliphatic heterocycles. The van der Waals surface area contributed by atoms with Gasteiger partial charge in [0, 0.05) is 11.6 Å². The fourth-order valence-electron chi connectivity index (χ4n) is 2.65. The Bertz CT molecular complexity index is 910. The lowest BCUT2D eigenvalue weighted by atomic mass is 10.2. The van der Waals surface area contributed by atoms with Gasteiger partial charge in [-0.25, -0.2) is 14.2 Å². The highest BCUT2D eigenvalue weighted by molar-refractivity contribution is 7.82. The van der Waals surface area contributed by atoms with Crippen LogP contribution in [0.1, 0.15) is 26.6 Å². The minimum Gasteiger partial charge on any atom is -0.392 e. The van der Waals surface area contributed by atoms with Crippen LogP contribution in [0.2, 0.25) is 0 Å². The van der Waals surface area contributed by atoms with Crippen molar-refractivity contribution in [3.05, 3.63) is 30.1 Å². The maximum atomic E-state index is 11.1. The van der Waals surface area contributed by atoms with E-state index in [0.717, 1.165) is 16.4 Å². The molecule has 3 rings (SSSR count). The molecule has 2 atom stereocenters. The second kappa shape index (κ2) is 9.04. The van der Waals surface area contributed by atoms with Gasteiger partial charge in [-0.1, -0.05) is 32.0 Å². The standard InChI is InChI=1S/C15H19N5O3S.C2H6/c1-9(21)7-20-12(8-23-19-24(2)22)18-13-14(20)10-5-3-4-6-11(10)17-15(13)16;1-2/h3-6,9,19,21H,7-8H2,1-2H3,(H2,16,17);1-2H3. The van der Waals surface area contributed by atoms with E-state index in [1.54, 1.807) is 6.92 Å². The number of pyridine rings is 1. The van der Waals surface area contributed by atoms with Crippen LogP contribution in [0, 0.1) is 0 Å². The Hall–Kier alpha value is -2.07. The van der Waals surface area contributed by atoms with Crippen molar-refractivity contribution >= 4 is 38.7 Å². The van der Waals surface area contributed by atoms with Crippen LogP contribution in [0.3, 0.4) is 0 Å². The molecular weight excluding hydrogens is 354 g/mol. The first-order chi connectivity index (χ1) is 12.5. The number of nitrogen functional groups attached to an aromatic ring is 1. The summed E-state index contributed by atoms with van der Waals surface area (Å²) in [6.07, 6.45) is 0.886. The number of hydrogen-bond acceptors (Lipinski definition) is 6. The second-order valence-electron chi connectivity index (χ2n) is 5.53. The molecule has 3 aromatic rings. The largest absolute Gasteiger partial charge is 0.392 e. The summed E-state index contributed by atoms with van der Waals surface area (Å²) in [6.45, 7) is 6.11. The van der Waals surface area contributed by atoms with Gasteiger partial charge in [-0.3, -0.25) is 4.84 Å². The highest BCUT2D eigenvalue weighted by atomic mass is 32.2. The van der Waals surface area contributed by atoms with Crippen LogP contribution in [0.5, 0.6) is 0 Å². The Kier molecular flexibility index (Phi) is 7.04. The molecule has 0 saturated heterocycles. The monoisotopic (exact) mass is 379 g/mol. The molecule has 0 spiro atoms. The van der Waals surface area contributed by atoms with Crippen molar-refractivity contribution < 1.29 is 14.2 Å². The van der Waals surface area contributed by atoms with Gasteiger partial charge in [-0.05, 0) is 13.0 Å². The van der Waals surface area contributed by atoms with Gasteiger partial charge in [0.05, 0.1) is 23.7 Å². The second-order valence-corrected chi connectivity index (χ2v) is 6.60. The van der Waals surface area contributed by atoms with E-state index in [9.17, 15) is 9.32 Å². The summed E-state index contributed by atoms with van der Waals surface area (Å²) >= 11 is 0. The molecule has 0 aliphatic rings. The molecule has 0 radical (unpaired) electrons. The van der Waals surface area contributed by atoms with E-state index in [2.05, 4.69) is 14.9 Å². The Morgan fingerprint density at radius 1 is 1.35 bits per heavy atom. The quantitative estimate of drug-likeness (QED) is 0.563. The zero-order valence-electron chi connectivity index (χ0n) is 15.4. The molecule has 142 valence electrons. The molecule has 26 heavy (non-hydrogen) atoms. The first-order valence-electron chi connectivity index (χ1n) is 8.39. The third-order valence-electron chi connectivity index (χ3n) is 3.51. The molecule has 2 aromatic heterocycles. The smallest absolute Gasteiger partial charge is 0.152 e. The minimum atomic E-state index is -1.30. The molecule has 1 aromatic carbocycles. The van der Waals surface area contributed by atoms with Crippen LogP contribution in [-0.4, -0.2) is 36.2 Å². The molecule has 2 heterocycles. The Morgan fingerprint density at radius 2 is 2.04 bits per heavy atom. The number of imidazole rings is 1. The third kappa shape index (κ3) is 4.36. The zero-order valence-corrected chi connectivity index (χ0v) is 16.2. The summed E-state index contributed by atoms with van der Waals surface area (Å²) in [5.41, 5.74) is 8.18. The summed E-state index contributed by atoms with van der Waals surface area (Å²) in [5.74, 6) is 0.884. The number of nitrogens with one attached hydrogen (secondary N) is 1. The van der Waals surface area contributed by atoms with Gasteiger partial charge in [0.25, 0.3) is 0 Å². The maximum Gasteiger partial charge on any atom is 0.152 e. The van der Waals surface area contributed by atoms with Crippen molar-refractivity contribution in [1.82, 2.24) is 19.4 Å². The van der Waals surface area contributed by atoms with Crippen LogP contribution in [0.4, 0.5) is 5.82 Å². The molecule has 0 amide bonds. The van der Waals surface area contributed by atoms with Crippen LogP contribution in [0.15, 0.2) is 24.3 Å². The number of aliphatic hydroxyl groups is 1. The summed E-state index contributed by atoms with van der Waals surface area (Å²) < 4.78 is 12.9. The van der Waals surface area contributed by atoms with Gasteiger partial charge in [-0.15, -0.1) is 4.89 Å². The molecule has 0 aliphatic carbocycles. The number of hydrogen-bond donors (Lipinski definition) is 3. The van der Waals surface area contributed by atoms with Crippen molar-refractivity contribution in [1.29, 1.82) is 0 Å². The van der Waals surface area contributed by atoms with E-state index >= 15 is 0 Å². The Balaban J connectivity index is 0.00000117. The Morgan fingerprint density at radius 3 is 2.69 bits per heavy atom. The van der Waals surface area contributed by atoms with E-state index in [1.807, 2.05) is 42.7 Å². The average Bonchev–Trinajstić information content (AvgIpc) is 2.95. The van der Waals surface area contributed by atoms with Gasteiger partial charge >= 0.3 is 0 Å². The van der Waals surface area contributed by atoms with Crippen LogP contribution in [-0.2, 0) is 29.0 Å². The first-order valence-corrected chi connectivity index (χ1v) is 9.95. The van der Waals surface area contributed by atoms with Gasteiger partial charge in [0.2, 0.25) is 0 Å². The van der Waals surface area contributed by atoms with E-state index in [-0.39, 0.29) is 6.61 Å². The lowest BCUT2D eigenvalue weighted by molar-refractivity contribution is 0.0749. The number of anilines is 1. The van der Waals surface area contributed by atoms with Crippen molar-refractivity contribution in [3.63, 3.8) is 0 Å². The van der Waals surface area contributed by atoms with E-state index in [4.69, 9.17) is 10.6 Å². The van der Waals surface area contributed by atoms with Gasteiger partial charge < -0.3 is 15.4 Å². The van der Waals surface area contributed by atoms with Gasteiger partial charge in [0.15, 0.2) is 5.82 Å². The van der Waals surface area contributed by atoms with Crippen LogP contribution >= 0.6 is 0 Å². The number of nitrogens with two attached hydrogens (primary N) is 1. The third-order valence-corrected chi connectivity index (χ3v) is 3.87. The van der Waals surface area contributed by atoms with E-state index in [0.29, 0.717) is 23.7 Å². The van der Waals surface area contributed by atoms with E-state index in [1.165, 1.54) is 6.26 Å². The van der Waals surface area contributed by atoms with Crippen molar-refractivity contribution in [2.75, 3.05) is 12.0 Å². The lowest BCUT2D eigenvalue weighted by Crippen LogP contribution is -2.19. The number of aliphatic hydroxyl groups excluding tert-OH is 1. The number of rotatable bonds is 6. The zero-order chi connectivity index (χ0) is 19.3. The topological polar surface area (TPSA) is 115 Å². The normalized spacial score (nSPS) is 13.4. The fraction of sp³-hybridized carbons (Fsp3) is 0.412. The summed E-state index contributed by atoms with van der Waals surface area (Å²) in [7, 11) is -1.30. The van der Waals surface area contributed by atoms with Crippen LogP contribution in [0.25, 0.3) is 21.9 Å². The number of benzene rings is 1. The maximum absolute atomic E-state index is 11.1. The molecule has 9 heteroatoms. The number of para-hydroxylation sites is 1. The molecule has 2 unspecified atom stereocenters. The van der Waals surface area contributed by atoms with Crippen LogP contribution < -0.4 is 10.6 Å². The predicted octanol–water partition coefficient (Wildman–Crippen LogP) is 1.89. The fourth-order valence-corrected chi connectivity index (χ4v) is 2.88. The molecule has 0 fully saturated rings. The Labute approximate surface area is 154 Å². The van der Waals surface area contributed by atoms with Gasteiger partial charge in [0.1, 0.15) is 28.9 Å². The summed E-state index contributed by atoms with van der Waals surface area (Å²) in [4.78, 5) is 16.5. The molecule has 0 saturated carbocycles. The van der Waals surface area contributed by atoms with Crippen molar-refractivity contribution in [2.45, 2.75) is 40.0 Å². The van der Waals surface area contributed by atoms with Gasteiger partial charge in [-0.2, -0.15) is 0 Å². The number of nitrogens with zero attached hydrogens (tertiary/aromatic N) is 3. The molecule has 4 N–H and O–H groups in total. The molecule has 0 bridgehead atoms. The van der Waals surface area contributed by atoms with E-state index < -0.39 is 17.1 Å². The number of aromatic nitrogens is 3. The number of fused-ring (bicyclic) bond motifs is 3. The highest BCUT2D eigenvalue weighted by Crippen LogP contribution is 2.29. The molecular formula is C17H25N5O3S. The van der Waals surface area contributed by atoms with Crippen molar-refractivity contribution in [2.24, 2.45) is 0 Å². The SMILES string of the molecule is CC.CC(O)Cn1c(CONS(C)=O)nc2c(N)nc3ccccc3c21. The minimum absolute atomic E-state index is 0.0781. The predicted molar refractivity (Wildman–Crippen MR) is 104 cm³/mol. The summed E-state index contributed by atoms with van der Waals surface area (Å²) in [5, 5.41) is 10.8. The van der Waals surface area contributed by atoms with Crippen molar-refractivity contribution in [3.8, 4) is 0 Å². The molecule has 8 nitrogen and oxygen atoms in total. The highest BCUT2D eigenvalue weighted by Gasteiger charge is 2.18.